The third-order valence-corrected chi connectivity index (χ3v) is 2.08. The zero-order chi connectivity index (χ0) is 10.8. The first kappa shape index (κ1) is 9.39. The molecule has 0 fully saturated rings. The molecule has 0 saturated heterocycles. The van der Waals surface area contributed by atoms with Gasteiger partial charge in [0.05, 0.1) is 12.6 Å². The molecule has 2 aromatic rings. The third kappa shape index (κ3) is 1.59. The van der Waals surface area contributed by atoms with Crippen LogP contribution in [0.1, 0.15) is 10.5 Å². The van der Waals surface area contributed by atoms with Crippen molar-refractivity contribution in [3.05, 3.63) is 30.2 Å². The van der Waals surface area contributed by atoms with Crippen molar-refractivity contribution >= 4 is 16.8 Å². The van der Waals surface area contributed by atoms with Crippen molar-refractivity contribution in [1.29, 1.82) is 0 Å². The molecule has 1 amide bonds. The molecule has 0 atom stereocenters. The molecule has 15 heavy (non-hydrogen) atoms. The molecule has 1 aromatic carbocycles. The number of aromatic nitrogens is 2. The summed E-state index contributed by atoms with van der Waals surface area (Å²) in [6, 6.07) is 5.18. The van der Waals surface area contributed by atoms with Gasteiger partial charge in [-0.2, -0.15) is 0 Å². The molecule has 0 bridgehead atoms. The molecular weight excluding hydrogens is 194 g/mol. The highest BCUT2D eigenvalue weighted by Gasteiger charge is 2.08. The quantitative estimate of drug-likeness (QED) is 0.780. The van der Waals surface area contributed by atoms with E-state index in [2.05, 4.69) is 9.97 Å². The Labute approximate surface area is 85.9 Å². The highest BCUT2D eigenvalue weighted by atomic mass is 16.5. The summed E-state index contributed by atoms with van der Waals surface area (Å²) in [7, 11) is 1.57. The van der Waals surface area contributed by atoms with Crippen molar-refractivity contribution < 1.29 is 9.53 Å². The monoisotopic (exact) mass is 203 g/mol. The van der Waals surface area contributed by atoms with Crippen LogP contribution in [0.5, 0.6) is 5.75 Å². The minimum absolute atomic E-state index is 0.225. The Kier molecular flexibility index (Phi) is 2.21. The zero-order valence-corrected chi connectivity index (χ0v) is 8.10. The van der Waals surface area contributed by atoms with Crippen LogP contribution in [0.15, 0.2) is 24.5 Å². The van der Waals surface area contributed by atoms with Crippen molar-refractivity contribution in [2.75, 3.05) is 7.11 Å². The van der Waals surface area contributed by atoms with Gasteiger partial charge >= 0.3 is 0 Å². The number of rotatable bonds is 2. The van der Waals surface area contributed by atoms with Gasteiger partial charge in [-0.15, -0.1) is 0 Å². The van der Waals surface area contributed by atoms with Crippen molar-refractivity contribution in [3.8, 4) is 5.75 Å². The number of carbonyl (C=O) groups is 1. The van der Waals surface area contributed by atoms with Gasteiger partial charge in [-0.25, -0.2) is 9.97 Å². The normalized spacial score (nSPS) is 10.2. The lowest BCUT2D eigenvalue weighted by Crippen LogP contribution is -2.13. The van der Waals surface area contributed by atoms with Crippen LogP contribution < -0.4 is 10.5 Å². The standard InChI is InChI=1S/C10H9N3O2/c1-15-6-2-3-7-8(4-6)12-5-13-9(7)10(11)14/h2-5H,1H3,(H2,11,14). The minimum Gasteiger partial charge on any atom is -0.497 e. The smallest absolute Gasteiger partial charge is 0.268 e. The first-order valence-electron chi connectivity index (χ1n) is 4.31. The summed E-state index contributed by atoms with van der Waals surface area (Å²) in [5.74, 6) is 0.115. The van der Waals surface area contributed by atoms with E-state index in [4.69, 9.17) is 10.5 Å². The van der Waals surface area contributed by atoms with Gasteiger partial charge in [0.25, 0.3) is 5.91 Å². The lowest BCUT2D eigenvalue weighted by Gasteiger charge is -2.03. The number of hydrogen-bond donors (Lipinski definition) is 1. The first-order chi connectivity index (χ1) is 7.22. The van der Waals surface area contributed by atoms with E-state index >= 15 is 0 Å². The van der Waals surface area contributed by atoms with Gasteiger partial charge in [0.15, 0.2) is 0 Å². The number of ether oxygens (including phenoxy) is 1. The van der Waals surface area contributed by atoms with Crippen LogP contribution in [0.25, 0.3) is 10.9 Å². The van der Waals surface area contributed by atoms with E-state index < -0.39 is 5.91 Å². The van der Waals surface area contributed by atoms with E-state index in [1.165, 1.54) is 6.33 Å². The molecule has 5 heteroatoms. The fourth-order valence-corrected chi connectivity index (χ4v) is 1.36. The SMILES string of the molecule is COc1ccc2c(C(N)=O)ncnc2c1. The summed E-state index contributed by atoms with van der Waals surface area (Å²) in [6.07, 6.45) is 1.31. The molecule has 1 heterocycles. The van der Waals surface area contributed by atoms with E-state index in [1.54, 1.807) is 25.3 Å². The molecule has 0 aliphatic rings. The van der Waals surface area contributed by atoms with Crippen molar-refractivity contribution in [2.24, 2.45) is 5.73 Å². The van der Waals surface area contributed by atoms with E-state index in [0.717, 1.165) is 0 Å². The second-order valence-corrected chi connectivity index (χ2v) is 2.97. The summed E-state index contributed by atoms with van der Waals surface area (Å²) >= 11 is 0. The summed E-state index contributed by atoms with van der Waals surface area (Å²) < 4.78 is 5.05. The molecule has 0 saturated carbocycles. The van der Waals surface area contributed by atoms with Gasteiger partial charge in [0, 0.05) is 11.5 Å². The van der Waals surface area contributed by atoms with Gasteiger partial charge in [0.2, 0.25) is 0 Å². The molecule has 76 valence electrons. The number of nitrogens with zero attached hydrogens (tertiary/aromatic N) is 2. The lowest BCUT2D eigenvalue weighted by atomic mass is 10.2. The van der Waals surface area contributed by atoms with Crippen LogP contribution in [-0.4, -0.2) is 23.0 Å². The molecule has 2 rings (SSSR count). The van der Waals surface area contributed by atoms with Crippen LogP contribution in [0.3, 0.4) is 0 Å². The maximum absolute atomic E-state index is 11.1. The van der Waals surface area contributed by atoms with Crippen molar-refractivity contribution in [1.82, 2.24) is 9.97 Å². The summed E-state index contributed by atoms with van der Waals surface area (Å²) in [5.41, 5.74) is 6.05. The minimum atomic E-state index is -0.562. The Morgan fingerprint density at radius 1 is 1.40 bits per heavy atom. The average molecular weight is 203 g/mol. The highest BCUT2D eigenvalue weighted by Crippen LogP contribution is 2.20. The maximum Gasteiger partial charge on any atom is 0.268 e. The first-order valence-corrected chi connectivity index (χ1v) is 4.31. The van der Waals surface area contributed by atoms with Gasteiger partial charge in [-0.3, -0.25) is 4.79 Å². The third-order valence-electron chi connectivity index (χ3n) is 2.08. The molecule has 5 nitrogen and oxygen atoms in total. The number of nitrogens with two attached hydrogens (primary N) is 1. The number of benzene rings is 1. The van der Waals surface area contributed by atoms with Crippen LogP contribution in [0.2, 0.25) is 0 Å². The molecule has 1 aromatic heterocycles. The summed E-state index contributed by atoms with van der Waals surface area (Å²) in [5, 5.41) is 0.630. The Balaban J connectivity index is 2.72. The zero-order valence-electron chi connectivity index (χ0n) is 8.10. The maximum atomic E-state index is 11.1. The number of hydrogen-bond acceptors (Lipinski definition) is 4. The number of carbonyl (C=O) groups excluding carboxylic acids is 1. The Bertz CT molecular complexity index is 525. The topological polar surface area (TPSA) is 78.1 Å². The largest absolute Gasteiger partial charge is 0.497 e. The van der Waals surface area contributed by atoms with E-state index in [9.17, 15) is 4.79 Å². The van der Waals surface area contributed by atoms with Crippen molar-refractivity contribution in [2.45, 2.75) is 0 Å². The van der Waals surface area contributed by atoms with Crippen LogP contribution >= 0.6 is 0 Å². The predicted molar refractivity (Wildman–Crippen MR) is 54.6 cm³/mol. The molecule has 0 aliphatic carbocycles. The van der Waals surface area contributed by atoms with Gasteiger partial charge in [-0.1, -0.05) is 0 Å². The highest BCUT2D eigenvalue weighted by molar-refractivity contribution is 6.03. The summed E-state index contributed by atoms with van der Waals surface area (Å²) in [6.45, 7) is 0. The predicted octanol–water partition coefficient (Wildman–Crippen LogP) is 0.737. The van der Waals surface area contributed by atoms with Crippen LogP contribution in [0.4, 0.5) is 0 Å². The molecule has 0 spiro atoms. The number of amides is 1. The Morgan fingerprint density at radius 2 is 2.20 bits per heavy atom. The van der Waals surface area contributed by atoms with Gasteiger partial charge in [-0.05, 0) is 12.1 Å². The van der Waals surface area contributed by atoms with Gasteiger partial charge in [0.1, 0.15) is 17.8 Å². The Hall–Kier alpha value is -2.17. The molecule has 0 aliphatic heterocycles. The van der Waals surface area contributed by atoms with Crippen LogP contribution in [0, 0.1) is 0 Å². The van der Waals surface area contributed by atoms with Gasteiger partial charge < -0.3 is 10.5 Å². The van der Waals surface area contributed by atoms with Crippen LogP contribution in [-0.2, 0) is 0 Å². The Morgan fingerprint density at radius 3 is 2.87 bits per heavy atom. The van der Waals surface area contributed by atoms with E-state index in [0.29, 0.717) is 16.7 Å². The van der Waals surface area contributed by atoms with E-state index in [-0.39, 0.29) is 5.69 Å². The second-order valence-electron chi connectivity index (χ2n) is 2.97. The summed E-state index contributed by atoms with van der Waals surface area (Å²) in [4.78, 5) is 18.9. The average Bonchev–Trinajstić information content (AvgIpc) is 2.27. The molecule has 2 N–H and O–H groups in total. The van der Waals surface area contributed by atoms with Crippen molar-refractivity contribution in [3.63, 3.8) is 0 Å². The lowest BCUT2D eigenvalue weighted by molar-refractivity contribution is 0.0997. The molecular formula is C10H9N3O2. The fraction of sp³-hybridized carbons (Fsp3) is 0.100. The molecule has 0 unspecified atom stereocenters. The molecule has 0 radical (unpaired) electrons. The number of fused-ring (bicyclic) bond motifs is 1. The van der Waals surface area contributed by atoms with E-state index in [1.807, 2.05) is 0 Å². The number of primary amides is 1. The number of methoxy groups -OCH3 is 1. The fourth-order valence-electron chi connectivity index (χ4n) is 1.36. The second kappa shape index (κ2) is 3.53.